The van der Waals surface area contributed by atoms with Crippen molar-refractivity contribution in [3.8, 4) is 11.8 Å². The van der Waals surface area contributed by atoms with E-state index >= 15 is 0 Å². The molecule has 1 aromatic carbocycles. The Hall–Kier alpha value is -1.83. The lowest BCUT2D eigenvalue weighted by atomic mass is 10.1. The summed E-state index contributed by atoms with van der Waals surface area (Å²) in [5.74, 6) is 0.706. The second kappa shape index (κ2) is 6.20. The van der Waals surface area contributed by atoms with Crippen molar-refractivity contribution in [2.75, 3.05) is 0 Å². The zero-order valence-electron chi connectivity index (χ0n) is 9.74. The van der Waals surface area contributed by atoms with Crippen LogP contribution in [0.3, 0.4) is 0 Å². The predicted molar refractivity (Wildman–Crippen MR) is 70.3 cm³/mol. The molecule has 1 aromatic heterocycles. The summed E-state index contributed by atoms with van der Waals surface area (Å²) in [6.07, 6.45) is -0.658. The fourth-order valence-electron chi connectivity index (χ4n) is 1.57. The molecule has 1 atom stereocenters. The molecule has 0 spiro atoms. The summed E-state index contributed by atoms with van der Waals surface area (Å²) >= 11 is 1.64. The monoisotopic (exact) mass is 259 g/mol. The number of hydrogen-bond acceptors (Lipinski definition) is 4. The van der Waals surface area contributed by atoms with Crippen LogP contribution < -0.4 is 4.74 Å². The number of rotatable bonds is 5. The van der Waals surface area contributed by atoms with Crippen molar-refractivity contribution >= 4 is 11.3 Å². The molecule has 0 radical (unpaired) electrons. The zero-order valence-corrected chi connectivity index (χ0v) is 10.6. The Morgan fingerprint density at radius 2 is 2.22 bits per heavy atom. The Morgan fingerprint density at radius 3 is 2.94 bits per heavy atom. The van der Waals surface area contributed by atoms with Crippen LogP contribution in [-0.2, 0) is 6.61 Å². The molecule has 0 aliphatic heterocycles. The van der Waals surface area contributed by atoms with Gasteiger partial charge in [-0.2, -0.15) is 5.26 Å². The fourth-order valence-corrected chi connectivity index (χ4v) is 2.18. The van der Waals surface area contributed by atoms with E-state index in [2.05, 4.69) is 0 Å². The van der Waals surface area contributed by atoms with Gasteiger partial charge in [-0.1, -0.05) is 18.2 Å². The van der Waals surface area contributed by atoms with Gasteiger partial charge in [0.05, 0.1) is 18.6 Å². The van der Waals surface area contributed by atoms with Gasteiger partial charge in [0.15, 0.2) is 0 Å². The van der Waals surface area contributed by atoms with E-state index in [1.54, 1.807) is 23.5 Å². The van der Waals surface area contributed by atoms with E-state index in [4.69, 9.17) is 10.00 Å². The molecule has 1 N–H and O–H groups in total. The first kappa shape index (κ1) is 12.6. The van der Waals surface area contributed by atoms with Gasteiger partial charge in [-0.15, -0.1) is 11.3 Å². The molecule has 92 valence electrons. The minimum atomic E-state index is -0.750. The first-order valence-corrected chi connectivity index (χ1v) is 6.47. The van der Waals surface area contributed by atoms with Gasteiger partial charge >= 0.3 is 0 Å². The SMILES string of the molecule is N#CCC(O)c1cccc(OCc2cccs2)c1. The van der Waals surface area contributed by atoms with E-state index in [0.29, 0.717) is 17.9 Å². The summed E-state index contributed by atoms with van der Waals surface area (Å²) in [7, 11) is 0. The van der Waals surface area contributed by atoms with Crippen LogP contribution in [0.25, 0.3) is 0 Å². The molecule has 2 rings (SSSR count). The third kappa shape index (κ3) is 3.33. The number of hydrogen-bond donors (Lipinski definition) is 1. The van der Waals surface area contributed by atoms with Gasteiger partial charge in [0.25, 0.3) is 0 Å². The minimum absolute atomic E-state index is 0.0916. The molecule has 1 heterocycles. The highest BCUT2D eigenvalue weighted by atomic mass is 32.1. The Balaban J connectivity index is 2.01. The van der Waals surface area contributed by atoms with Crippen LogP contribution in [0.1, 0.15) is 23.0 Å². The molecule has 0 saturated heterocycles. The van der Waals surface area contributed by atoms with Crippen molar-refractivity contribution in [3.63, 3.8) is 0 Å². The second-order valence-electron chi connectivity index (χ2n) is 3.82. The van der Waals surface area contributed by atoms with E-state index in [1.807, 2.05) is 35.7 Å². The first-order valence-electron chi connectivity index (χ1n) is 5.60. The van der Waals surface area contributed by atoms with Crippen molar-refractivity contribution in [2.24, 2.45) is 0 Å². The standard InChI is InChI=1S/C14H13NO2S/c15-7-6-14(16)11-3-1-4-12(9-11)17-10-13-5-2-8-18-13/h1-5,8-9,14,16H,6,10H2. The van der Waals surface area contributed by atoms with Gasteiger partial charge in [-0.25, -0.2) is 0 Å². The van der Waals surface area contributed by atoms with Crippen LogP contribution in [0.15, 0.2) is 41.8 Å². The molecule has 2 aromatic rings. The van der Waals surface area contributed by atoms with Gasteiger partial charge in [-0.3, -0.25) is 0 Å². The Kier molecular flexibility index (Phi) is 4.35. The molecule has 0 aliphatic carbocycles. The van der Waals surface area contributed by atoms with Crippen LogP contribution in [0, 0.1) is 11.3 Å². The summed E-state index contributed by atoms with van der Waals surface area (Å²) in [5.41, 5.74) is 0.709. The average molecular weight is 259 g/mol. The van der Waals surface area contributed by atoms with Gasteiger partial charge < -0.3 is 9.84 Å². The minimum Gasteiger partial charge on any atom is -0.488 e. The van der Waals surface area contributed by atoms with Gasteiger partial charge in [0, 0.05) is 4.88 Å². The molecule has 0 bridgehead atoms. The summed E-state index contributed by atoms with van der Waals surface area (Å²) in [6, 6.07) is 13.2. The molecule has 3 nitrogen and oxygen atoms in total. The van der Waals surface area contributed by atoms with E-state index in [-0.39, 0.29) is 6.42 Å². The third-order valence-corrected chi connectivity index (χ3v) is 3.34. The van der Waals surface area contributed by atoms with Crippen molar-refractivity contribution in [1.29, 1.82) is 5.26 Å². The van der Waals surface area contributed by atoms with Crippen LogP contribution in [0.5, 0.6) is 5.75 Å². The summed E-state index contributed by atoms with van der Waals surface area (Å²) in [4.78, 5) is 1.15. The number of ether oxygens (including phenoxy) is 1. The maximum atomic E-state index is 9.72. The predicted octanol–water partition coefficient (Wildman–Crippen LogP) is 3.27. The summed E-state index contributed by atoms with van der Waals surface area (Å²) < 4.78 is 5.64. The highest BCUT2D eigenvalue weighted by molar-refractivity contribution is 7.09. The third-order valence-electron chi connectivity index (χ3n) is 2.49. The maximum Gasteiger partial charge on any atom is 0.122 e. The van der Waals surface area contributed by atoms with E-state index < -0.39 is 6.10 Å². The molecule has 4 heteroatoms. The van der Waals surface area contributed by atoms with Crippen LogP contribution in [0.4, 0.5) is 0 Å². The van der Waals surface area contributed by atoms with Crippen molar-refractivity contribution in [2.45, 2.75) is 19.1 Å². The van der Waals surface area contributed by atoms with Crippen LogP contribution in [0.2, 0.25) is 0 Å². The van der Waals surface area contributed by atoms with E-state index in [0.717, 1.165) is 4.88 Å². The van der Waals surface area contributed by atoms with Crippen molar-refractivity contribution in [1.82, 2.24) is 0 Å². The zero-order chi connectivity index (χ0) is 12.8. The molecule has 18 heavy (non-hydrogen) atoms. The van der Waals surface area contributed by atoms with Crippen molar-refractivity contribution < 1.29 is 9.84 Å². The second-order valence-corrected chi connectivity index (χ2v) is 4.85. The lowest BCUT2D eigenvalue weighted by molar-refractivity contribution is 0.182. The molecule has 0 fully saturated rings. The quantitative estimate of drug-likeness (QED) is 0.896. The fraction of sp³-hybridized carbons (Fsp3) is 0.214. The molecule has 0 aliphatic rings. The molecular weight excluding hydrogens is 246 g/mol. The number of aliphatic hydroxyl groups is 1. The van der Waals surface area contributed by atoms with Gasteiger partial charge in [0.1, 0.15) is 12.4 Å². The first-order chi connectivity index (χ1) is 8.79. The average Bonchev–Trinajstić information content (AvgIpc) is 2.90. The maximum absolute atomic E-state index is 9.72. The Bertz CT molecular complexity index is 531. The largest absolute Gasteiger partial charge is 0.488 e. The van der Waals surface area contributed by atoms with E-state index in [9.17, 15) is 5.11 Å². The normalized spacial score (nSPS) is 11.8. The molecule has 0 saturated carbocycles. The molecule has 0 amide bonds. The topological polar surface area (TPSA) is 53.2 Å². The number of benzene rings is 1. The lowest BCUT2D eigenvalue weighted by Gasteiger charge is -2.10. The Labute approximate surface area is 110 Å². The molecular formula is C14H13NO2S. The van der Waals surface area contributed by atoms with E-state index in [1.165, 1.54) is 0 Å². The van der Waals surface area contributed by atoms with Crippen LogP contribution >= 0.6 is 11.3 Å². The highest BCUT2D eigenvalue weighted by Crippen LogP contribution is 2.22. The number of nitriles is 1. The Morgan fingerprint density at radius 1 is 1.33 bits per heavy atom. The van der Waals surface area contributed by atoms with Crippen molar-refractivity contribution in [3.05, 3.63) is 52.2 Å². The smallest absolute Gasteiger partial charge is 0.122 e. The van der Waals surface area contributed by atoms with Gasteiger partial charge in [-0.05, 0) is 29.1 Å². The molecule has 1 unspecified atom stereocenters. The summed E-state index contributed by atoms with van der Waals surface area (Å²) in [5, 5.41) is 20.3. The number of thiophene rings is 1. The van der Waals surface area contributed by atoms with Crippen LogP contribution in [-0.4, -0.2) is 5.11 Å². The van der Waals surface area contributed by atoms with Gasteiger partial charge in [0.2, 0.25) is 0 Å². The lowest BCUT2D eigenvalue weighted by Crippen LogP contribution is -1.98. The summed E-state index contributed by atoms with van der Waals surface area (Å²) in [6.45, 7) is 0.523. The number of aliphatic hydroxyl groups excluding tert-OH is 1. The number of nitrogens with zero attached hydrogens (tertiary/aromatic N) is 1. The highest BCUT2D eigenvalue weighted by Gasteiger charge is 2.07.